The Morgan fingerprint density at radius 1 is 1.26 bits per heavy atom. The van der Waals surface area contributed by atoms with Crippen LogP contribution in [0.15, 0.2) is 57.0 Å². The number of benzene rings is 2. The normalized spacial score (nSPS) is 10.8. The zero-order valence-electron chi connectivity index (χ0n) is 12.1. The number of hydrogen-bond acceptors (Lipinski definition) is 3. The van der Waals surface area contributed by atoms with Gasteiger partial charge in [-0.1, -0.05) is 28.1 Å². The first-order chi connectivity index (χ1) is 11.0. The van der Waals surface area contributed by atoms with Crippen molar-refractivity contribution >= 4 is 49.5 Å². The molecule has 0 bridgehead atoms. The third kappa shape index (κ3) is 4.68. The fraction of sp³-hybridized carbons (Fsp3) is 0.0588. The predicted molar refractivity (Wildman–Crippen MR) is 97.1 cm³/mol. The van der Waals surface area contributed by atoms with E-state index in [2.05, 4.69) is 37.2 Å². The van der Waals surface area contributed by atoms with Crippen LogP contribution in [0, 0.1) is 11.3 Å². The Labute approximate surface area is 151 Å². The van der Waals surface area contributed by atoms with Crippen LogP contribution in [-0.2, 0) is 4.79 Å². The van der Waals surface area contributed by atoms with E-state index in [0.717, 1.165) is 14.5 Å². The highest BCUT2D eigenvalue weighted by molar-refractivity contribution is 9.10. The second-order valence-corrected chi connectivity index (χ2v) is 6.30. The molecule has 23 heavy (non-hydrogen) atoms. The first-order valence-electron chi connectivity index (χ1n) is 6.55. The molecule has 0 saturated carbocycles. The van der Waals surface area contributed by atoms with E-state index in [9.17, 15) is 10.1 Å². The van der Waals surface area contributed by atoms with Gasteiger partial charge in [-0.3, -0.25) is 4.79 Å². The maximum Gasteiger partial charge on any atom is 0.266 e. The number of anilines is 1. The fourth-order valence-corrected chi connectivity index (χ4v) is 2.81. The molecule has 2 aromatic rings. The van der Waals surface area contributed by atoms with Crippen molar-refractivity contribution in [3.05, 3.63) is 62.5 Å². The highest BCUT2D eigenvalue weighted by Crippen LogP contribution is 2.26. The summed E-state index contributed by atoms with van der Waals surface area (Å²) in [6, 6.07) is 14.4. The van der Waals surface area contributed by atoms with Crippen LogP contribution in [0.2, 0.25) is 0 Å². The van der Waals surface area contributed by atoms with Crippen molar-refractivity contribution in [2.75, 3.05) is 12.4 Å². The number of carbonyl (C=O) groups is 1. The number of hydrogen-bond donors (Lipinski definition) is 1. The van der Waals surface area contributed by atoms with E-state index >= 15 is 0 Å². The molecule has 0 unspecified atom stereocenters. The molecule has 0 aliphatic rings. The highest BCUT2D eigenvalue weighted by atomic mass is 79.9. The van der Waals surface area contributed by atoms with E-state index in [-0.39, 0.29) is 5.57 Å². The minimum atomic E-state index is -0.461. The molecule has 1 N–H and O–H groups in total. The van der Waals surface area contributed by atoms with Crippen LogP contribution in [0.1, 0.15) is 5.56 Å². The average Bonchev–Trinajstić information content (AvgIpc) is 2.52. The zero-order valence-corrected chi connectivity index (χ0v) is 15.3. The van der Waals surface area contributed by atoms with Crippen LogP contribution in [0.5, 0.6) is 5.75 Å². The SMILES string of the molecule is COc1ccc(/C=C(/C#N)C(=O)Nc2cccc(Br)c2)cc1Br. The maximum atomic E-state index is 12.2. The summed E-state index contributed by atoms with van der Waals surface area (Å²) in [6.45, 7) is 0. The van der Waals surface area contributed by atoms with Gasteiger partial charge in [0, 0.05) is 10.2 Å². The molecule has 0 saturated heterocycles. The van der Waals surface area contributed by atoms with Crippen LogP contribution >= 0.6 is 31.9 Å². The lowest BCUT2D eigenvalue weighted by molar-refractivity contribution is -0.112. The number of nitriles is 1. The van der Waals surface area contributed by atoms with Crippen LogP contribution in [0.4, 0.5) is 5.69 Å². The van der Waals surface area contributed by atoms with Crippen molar-refractivity contribution in [1.29, 1.82) is 5.26 Å². The standard InChI is InChI=1S/C17H12Br2N2O2/c1-23-16-6-5-11(8-15(16)19)7-12(10-20)17(22)21-14-4-2-3-13(18)9-14/h2-9H,1H3,(H,21,22)/b12-7-. The van der Waals surface area contributed by atoms with Gasteiger partial charge in [0.15, 0.2) is 0 Å². The summed E-state index contributed by atoms with van der Waals surface area (Å²) in [5.74, 6) is 0.219. The van der Waals surface area contributed by atoms with Crippen LogP contribution in [-0.4, -0.2) is 13.0 Å². The summed E-state index contributed by atoms with van der Waals surface area (Å²) < 4.78 is 6.75. The van der Waals surface area contributed by atoms with Crippen molar-refractivity contribution in [1.82, 2.24) is 0 Å². The largest absolute Gasteiger partial charge is 0.496 e. The summed E-state index contributed by atoms with van der Waals surface area (Å²) in [5.41, 5.74) is 1.35. The fourth-order valence-electron chi connectivity index (χ4n) is 1.85. The monoisotopic (exact) mass is 434 g/mol. The van der Waals surface area contributed by atoms with Gasteiger partial charge in [0.25, 0.3) is 5.91 Å². The minimum Gasteiger partial charge on any atom is -0.496 e. The Morgan fingerprint density at radius 3 is 2.65 bits per heavy atom. The molecule has 0 spiro atoms. The number of nitrogens with zero attached hydrogens (tertiary/aromatic N) is 1. The summed E-state index contributed by atoms with van der Waals surface area (Å²) >= 11 is 6.71. The Kier molecular flexibility index (Phi) is 5.97. The van der Waals surface area contributed by atoms with Gasteiger partial charge in [0.05, 0.1) is 11.6 Å². The molecule has 0 aliphatic heterocycles. The van der Waals surface area contributed by atoms with Gasteiger partial charge in [0.2, 0.25) is 0 Å². The van der Waals surface area contributed by atoms with Gasteiger partial charge in [0.1, 0.15) is 17.4 Å². The third-order valence-electron chi connectivity index (χ3n) is 2.93. The van der Waals surface area contributed by atoms with Crippen molar-refractivity contribution in [3.8, 4) is 11.8 Å². The second-order valence-electron chi connectivity index (χ2n) is 4.53. The van der Waals surface area contributed by atoms with E-state index < -0.39 is 5.91 Å². The lowest BCUT2D eigenvalue weighted by Crippen LogP contribution is -2.13. The van der Waals surface area contributed by atoms with Gasteiger partial charge in [-0.25, -0.2) is 0 Å². The lowest BCUT2D eigenvalue weighted by Gasteiger charge is -2.06. The molecular formula is C17H12Br2N2O2. The van der Waals surface area contributed by atoms with Gasteiger partial charge in [-0.05, 0) is 57.9 Å². The Hall–Kier alpha value is -2.10. The van der Waals surface area contributed by atoms with Gasteiger partial charge >= 0.3 is 0 Å². The number of halogens is 2. The summed E-state index contributed by atoms with van der Waals surface area (Å²) in [7, 11) is 1.57. The minimum absolute atomic E-state index is 0.0158. The topological polar surface area (TPSA) is 62.1 Å². The zero-order chi connectivity index (χ0) is 16.8. The molecule has 0 heterocycles. The number of ether oxygens (including phenoxy) is 1. The third-order valence-corrected chi connectivity index (χ3v) is 4.05. The van der Waals surface area contributed by atoms with E-state index in [0.29, 0.717) is 11.4 Å². The van der Waals surface area contributed by atoms with Gasteiger partial charge < -0.3 is 10.1 Å². The molecule has 0 radical (unpaired) electrons. The number of methoxy groups -OCH3 is 1. The molecule has 4 nitrogen and oxygen atoms in total. The molecular weight excluding hydrogens is 424 g/mol. The van der Waals surface area contributed by atoms with Crippen molar-refractivity contribution in [2.24, 2.45) is 0 Å². The Morgan fingerprint density at radius 2 is 2.04 bits per heavy atom. The van der Waals surface area contributed by atoms with Crippen molar-refractivity contribution in [2.45, 2.75) is 0 Å². The number of carbonyl (C=O) groups excluding carboxylic acids is 1. The molecule has 2 aromatic carbocycles. The molecule has 0 atom stereocenters. The molecule has 0 aliphatic carbocycles. The van der Waals surface area contributed by atoms with E-state index in [4.69, 9.17) is 4.74 Å². The molecule has 2 rings (SSSR count). The maximum absolute atomic E-state index is 12.2. The summed E-state index contributed by atoms with van der Waals surface area (Å²) in [4.78, 5) is 12.2. The average molecular weight is 436 g/mol. The summed E-state index contributed by atoms with van der Waals surface area (Å²) in [6.07, 6.45) is 1.53. The molecule has 1 amide bonds. The Bertz CT molecular complexity index is 810. The Balaban J connectivity index is 2.23. The second kappa shape index (κ2) is 7.95. The van der Waals surface area contributed by atoms with Gasteiger partial charge in [-0.2, -0.15) is 5.26 Å². The summed E-state index contributed by atoms with van der Waals surface area (Å²) in [5, 5.41) is 11.9. The van der Waals surface area contributed by atoms with Crippen LogP contribution in [0.3, 0.4) is 0 Å². The van der Waals surface area contributed by atoms with E-state index in [1.807, 2.05) is 12.1 Å². The molecule has 116 valence electrons. The van der Waals surface area contributed by atoms with E-state index in [1.54, 1.807) is 43.5 Å². The van der Waals surface area contributed by atoms with E-state index in [1.165, 1.54) is 6.08 Å². The van der Waals surface area contributed by atoms with Crippen molar-refractivity contribution < 1.29 is 9.53 Å². The van der Waals surface area contributed by atoms with Crippen LogP contribution < -0.4 is 10.1 Å². The molecule has 6 heteroatoms. The molecule has 0 aromatic heterocycles. The highest BCUT2D eigenvalue weighted by Gasteiger charge is 2.10. The number of amides is 1. The van der Waals surface area contributed by atoms with Crippen molar-refractivity contribution in [3.63, 3.8) is 0 Å². The van der Waals surface area contributed by atoms with Crippen LogP contribution in [0.25, 0.3) is 6.08 Å². The number of rotatable bonds is 4. The number of nitrogens with one attached hydrogen (secondary N) is 1. The predicted octanol–water partition coefficient (Wildman–Crippen LogP) is 4.77. The molecule has 0 fully saturated rings. The first kappa shape index (κ1) is 17.3. The quantitative estimate of drug-likeness (QED) is 0.555. The smallest absolute Gasteiger partial charge is 0.266 e. The first-order valence-corrected chi connectivity index (χ1v) is 8.14. The van der Waals surface area contributed by atoms with Gasteiger partial charge in [-0.15, -0.1) is 0 Å². The lowest BCUT2D eigenvalue weighted by atomic mass is 10.1.